The lowest BCUT2D eigenvalue weighted by Crippen LogP contribution is -2.34. The molecule has 0 aromatic heterocycles. The van der Waals surface area contributed by atoms with Crippen LogP contribution < -0.4 is 4.90 Å². The van der Waals surface area contributed by atoms with Gasteiger partial charge in [-0.3, -0.25) is 14.5 Å². The molecule has 0 bridgehead atoms. The Morgan fingerprint density at radius 3 is 2.29 bits per heavy atom. The lowest BCUT2D eigenvalue weighted by Gasteiger charge is -2.20. The SMILES string of the molecule is CC(C)(C)C(=O)/C=C1\SC(C)(C)C(=O)N1c1ccccc1. The van der Waals surface area contributed by atoms with E-state index in [1.54, 1.807) is 11.0 Å². The fraction of sp³-hybridized carbons (Fsp3) is 0.412. The van der Waals surface area contributed by atoms with E-state index in [4.69, 9.17) is 0 Å². The number of allylic oxidation sites excluding steroid dienone is 1. The molecule has 21 heavy (non-hydrogen) atoms. The van der Waals surface area contributed by atoms with E-state index in [0.717, 1.165) is 5.69 Å². The summed E-state index contributed by atoms with van der Waals surface area (Å²) in [6.45, 7) is 9.42. The van der Waals surface area contributed by atoms with E-state index in [9.17, 15) is 9.59 Å². The number of benzene rings is 1. The third-order valence-corrected chi connectivity index (χ3v) is 4.50. The molecule has 1 saturated heterocycles. The second kappa shape index (κ2) is 5.34. The molecule has 3 nitrogen and oxygen atoms in total. The van der Waals surface area contributed by atoms with Gasteiger partial charge >= 0.3 is 0 Å². The Kier molecular flexibility index (Phi) is 4.02. The number of hydrogen-bond donors (Lipinski definition) is 0. The Labute approximate surface area is 130 Å². The first-order chi connectivity index (χ1) is 9.63. The molecular formula is C17H21NO2S. The predicted octanol–water partition coefficient (Wildman–Crippen LogP) is 4.00. The van der Waals surface area contributed by atoms with Crippen molar-refractivity contribution in [3.63, 3.8) is 0 Å². The van der Waals surface area contributed by atoms with Crippen LogP contribution in [-0.4, -0.2) is 16.4 Å². The Balaban J connectivity index is 2.46. The summed E-state index contributed by atoms with van der Waals surface area (Å²) in [6, 6.07) is 9.46. The molecule has 1 aliphatic rings. The van der Waals surface area contributed by atoms with Crippen LogP contribution >= 0.6 is 11.8 Å². The fourth-order valence-electron chi connectivity index (χ4n) is 1.96. The summed E-state index contributed by atoms with van der Waals surface area (Å²) in [4.78, 5) is 26.6. The van der Waals surface area contributed by atoms with Crippen molar-refractivity contribution in [2.75, 3.05) is 4.90 Å². The molecule has 1 amide bonds. The van der Waals surface area contributed by atoms with Crippen LogP contribution in [0.2, 0.25) is 0 Å². The summed E-state index contributed by atoms with van der Waals surface area (Å²) in [5, 5.41) is 0.705. The molecular weight excluding hydrogens is 282 g/mol. The summed E-state index contributed by atoms with van der Waals surface area (Å²) in [7, 11) is 0. The largest absolute Gasteiger partial charge is 0.294 e. The number of anilines is 1. The van der Waals surface area contributed by atoms with Gasteiger partial charge in [0.1, 0.15) is 0 Å². The number of hydrogen-bond acceptors (Lipinski definition) is 3. The van der Waals surface area contributed by atoms with Crippen molar-refractivity contribution in [3.05, 3.63) is 41.4 Å². The van der Waals surface area contributed by atoms with E-state index in [-0.39, 0.29) is 11.7 Å². The summed E-state index contributed by atoms with van der Waals surface area (Å²) < 4.78 is -0.556. The van der Waals surface area contributed by atoms with Crippen LogP contribution in [0.5, 0.6) is 0 Å². The molecule has 2 rings (SSSR count). The molecule has 0 N–H and O–H groups in total. The van der Waals surface area contributed by atoms with Gasteiger partial charge in [0.25, 0.3) is 0 Å². The summed E-state index contributed by atoms with van der Waals surface area (Å²) in [6.07, 6.45) is 1.60. The molecule has 1 aromatic carbocycles. The van der Waals surface area contributed by atoms with Crippen molar-refractivity contribution in [1.82, 2.24) is 0 Å². The van der Waals surface area contributed by atoms with Gasteiger partial charge in [0.05, 0.1) is 9.78 Å². The van der Waals surface area contributed by atoms with Gasteiger partial charge in [0.15, 0.2) is 5.78 Å². The smallest absolute Gasteiger partial charge is 0.248 e. The van der Waals surface area contributed by atoms with Crippen LogP contribution in [0.15, 0.2) is 41.4 Å². The Morgan fingerprint density at radius 1 is 1.19 bits per heavy atom. The highest BCUT2D eigenvalue weighted by Crippen LogP contribution is 2.45. The van der Waals surface area contributed by atoms with Crippen molar-refractivity contribution in [3.8, 4) is 0 Å². The number of amides is 1. The maximum atomic E-state index is 12.6. The number of rotatable bonds is 2. The maximum Gasteiger partial charge on any atom is 0.248 e. The topological polar surface area (TPSA) is 37.4 Å². The van der Waals surface area contributed by atoms with Crippen LogP contribution in [0, 0.1) is 5.41 Å². The number of thioether (sulfide) groups is 1. The first-order valence-corrected chi connectivity index (χ1v) is 7.79. The van der Waals surface area contributed by atoms with Crippen LogP contribution in [0.1, 0.15) is 34.6 Å². The number of carbonyl (C=O) groups is 2. The zero-order chi connectivity index (χ0) is 15.8. The second-order valence-corrected chi connectivity index (χ2v) is 8.33. The van der Waals surface area contributed by atoms with Crippen molar-refractivity contribution in [2.45, 2.75) is 39.4 Å². The Bertz CT molecular complexity index is 597. The molecule has 0 aliphatic carbocycles. The minimum atomic E-state index is -0.556. The van der Waals surface area contributed by atoms with Gasteiger partial charge in [0, 0.05) is 17.2 Å². The van der Waals surface area contributed by atoms with Gasteiger partial charge < -0.3 is 0 Å². The van der Waals surface area contributed by atoms with E-state index in [0.29, 0.717) is 5.03 Å². The average Bonchev–Trinajstić information content (AvgIpc) is 2.59. The van der Waals surface area contributed by atoms with Crippen molar-refractivity contribution in [1.29, 1.82) is 0 Å². The van der Waals surface area contributed by atoms with Gasteiger partial charge in [-0.2, -0.15) is 0 Å². The Morgan fingerprint density at radius 2 is 1.76 bits per heavy atom. The van der Waals surface area contributed by atoms with Gasteiger partial charge in [-0.25, -0.2) is 0 Å². The van der Waals surface area contributed by atoms with E-state index in [1.165, 1.54) is 11.8 Å². The average molecular weight is 303 g/mol. The van der Waals surface area contributed by atoms with E-state index < -0.39 is 10.2 Å². The molecule has 0 spiro atoms. The lowest BCUT2D eigenvalue weighted by molar-refractivity contribution is -0.121. The number of carbonyl (C=O) groups excluding carboxylic acids is 2. The predicted molar refractivity (Wildman–Crippen MR) is 88.1 cm³/mol. The van der Waals surface area contributed by atoms with Gasteiger partial charge in [-0.1, -0.05) is 50.7 Å². The second-order valence-electron chi connectivity index (χ2n) is 6.69. The molecule has 0 unspecified atom stereocenters. The summed E-state index contributed by atoms with van der Waals surface area (Å²) in [5.74, 6) is 0.0306. The van der Waals surface area contributed by atoms with Gasteiger partial charge in [-0.15, -0.1) is 0 Å². The van der Waals surface area contributed by atoms with Gasteiger partial charge in [-0.05, 0) is 26.0 Å². The lowest BCUT2D eigenvalue weighted by atomic mass is 9.91. The van der Waals surface area contributed by atoms with Crippen LogP contribution in [0.3, 0.4) is 0 Å². The van der Waals surface area contributed by atoms with E-state index in [1.807, 2.05) is 65.0 Å². The summed E-state index contributed by atoms with van der Waals surface area (Å²) in [5.41, 5.74) is 0.347. The van der Waals surface area contributed by atoms with Crippen LogP contribution in [0.25, 0.3) is 0 Å². The van der Waals surface area contributed by atoms with Crippen molar-refractivity contribution >= 4 is 29.1 Å². The van der Waals surface area contributed by atoms with Crippen molar-refractivity contribution in [2.24, 2.45) is 5.41 Å². The third-order valence-electron chi connectivity index (χ3n) is 3.31. The Hall–Kier alpha value is -1.55. The minimum Gasteiger partial charge on any atom is -0.294 e. The molecule has 1 aromatic rings. The molecule has 0 atom stereocenters. The normalized spacial score (nSPS) is 20.1. The molecule has 4 heteroatoms. The number of ketones is 1. The number of para-hydroxylation sites is 1. The molecule has 1 fully saturated rings. The quantitative estimate of drug-likeness (QED) is 0.775. The highest BCUT2D eigenvalue weighted by molar-refractivity contribution is 8.05. The molecule has 112 valence electrons. The van der Waals surface area contributed by atoms with Crippen LogP contribution in [-0.2, 0) is 9.59 Å². The monoisotopic (exact) mass is 303 g/mol. The summed E-state index contributed by atoms with van der Waals surface area (Å²) >= 11 is 1.44. The van der Waals surface area contributed by atoms with E-state index in [2.05, 4.69) is 0 Å². The highest BCUT2D eigenvalue weighted by atomic mass is 32.2. The van der Waals surface area contributed by atoms with Crippen molar-refractivity contribution < 1.29 is 9.59 Å². The van der Waals surface area contributed by atoms with E-state index >= 15 is 0 Å². The first-order valence-electron chi connectivity index (χ1n) is 6.98. The standard InChI is InChI=1S/C17H21NO2S/c1-16(2,3)13(19)11-14-18(12-9-7-6-8-10-12)15(20)17(4,5)21-14/h6-11H,1-5H3/b14-11-. The zero-order valence-corrected chi connectivity index (χ0v) is 14.0. The zero-order valence-electron chi connectivity index (χ0n) is 13.1. The molecule has 1 heterocycles. The highest BCUT2D eigenvalue weighted by Gasteiger charge is 2.44. The molecule has 0 saturated carbocycles. The third kappa shape index (κ3) is 3.21. The molecule has 1 aliphatic heterocycles. The minimum absolute atomic E-state index is 0.00617. The first kappa shape index (κ1) is 15.8. The number of nitrogens with zero attached hydrogens (tertiary/aromatic N) is 1. The van der Waals surface area contributed by atoms with Crippen LogP contribution in [0.4, 0.5) is 5.69 Å². The fourth-order valence-corrected chi connectivity index (χ4v) is 3.11. The van der Waals surface area contributed by atoms with Gasteiger partial charge in [0.2, 0.25) is 5.91 Å². The molecule has 0 radical (unpaired) electrons. The maximum absolute atomic E-state index is 12.6.